The number of methoxy groups -OCH3 is 3. The Morgan fingerprint density at radius 1 is 1.06 bits per heavy atom. The van der Waals surface area contributed by atoms with Gasteiger partial charge in [0.1, 0.15) is 11.3 Å². The van der Waals surface area contributed by atoms with Crippen LogP contribution in [0.2, 0.25) is 0 Å². The Morgan fingerprint density at radius 3 is 2.53 bits per heavy atom. The highest BCUT2D eigenvalue weighted by molar-refractivity contribution is 6.00. The van der Waals surface area contributed by atoms with Gasteiger partial charge < -0.3 is 28.7 Å². The number of fused-ring (bicyclic) bond motifs is 1. The second kappa shape index (κ2) is 10.7. The maximum absolute atomic E-state index is 12.3. The van der Waals surface area contributed by atoms with Gasteiger partial charge >= 0.3 is 0 Å². The van der Waals surface area contributed by atoms with Gasteiger partial charge in [0, 0.05) is 42.3 Å². The van der Waals surface area contributed by atoms with Gasteiger partial charge in [0.2, 0.25) is 5.91 Å². The van der Waals surface area contributed by atoms with E-state index in [1.165, 1.54) is 0 Å². The summed E-state index contributed by atoms with van der Waals surface area (Å²) < 4.78 is 27.4. The molecular formula is C25H29NO6. The average Bonchev–Trinajstić information content (AvgIpc) is 3.21. The number of benzene rings is 2. The normalized spacial score (nSPS) is 11.5. The van der Waals surface area contributed by atoms with Crippen LogP contribution >= 0.6 is 0 Å². The average molecular weight is 440 g/mol. The van der Waals surface area contributed by atoms with Crippen LogP contribution in [-0.4, -0.2) is 47.0 Å². The molecule has 7 nitrogen and oxygen atoms in total. The third-order valence-electron chi connectivity index (χ3n) is 5.05. The van der Waals surface area contributed by atoms with Crippen molar-refractivity contribution in [3.8, 4) is 28.4 Å². The highest BCUT2D eigenvalue weighted by Gasteiger charge is 2.16. The molecule has 3 aromatic rings. The summed E-state index contributed by atoms with van der Waals surface area (Å²) in [5, 5.41) is 3.71. The van der Waals surface area contributed by atoms with E-state index in [-0.39, 0.29) is 5.91 Å². The van der Waals surface area contributed by atoms with Gasteiger partial charge in [0.25, 0.3) is 0 Å². The lowest BCUT2D eigenvalue weighted by Crippen LogP contribution is -2.25. The van der Waals surface area contributed by atoms with Crippen LogP contribution in [0.5, 0.6) is 17.2 Å². The zero-order valence-corrected chi connectivity index (χ0v) is 19.1. The summed E-state index contributed by atoms with van der Waals surface area (Å²) >= 11 is 0. The van der Waals surface area contributed by atoms with Crippen molar-refractivity contribution in [1.82, 2.24) is 5.32 Å². The summed E-state index contributed by atoms with van der Waals surface area (Å²) in [6.07, 6.45) is 3.28. The number of hydrogen-bond donors (Lipinski definition) is 1. The van der Waals surface area contributed by atoms with Crippen molar-refractivity contribution in [2.24, 2.45) is 0 Å². The Balaban J connectivity index is 2.05. The summed E-state index contributed by atoms with van der Waals surface area (Å²) in [5.41, 5.74) is 4.13. The van der Waals surface area contributed by atoms with Crippen molar-refractivity contribution in [3.05, 3.63) is 48.2 Å². The van der Waals surface area contributed by atoms with Gasteiger partial charge in [0.05, 0.1) is 33.7 Å². The molecule has 0 radical (unpaired) electrons. The van der Waals surface area contributed by atoms with Crippen LogP contribution < -0.4 is 19.5 Å². The van der Waals surface area contributed by atoms with Crippen LogP contribution in [0.4, 0.5) is 0 Å². The summed E-state index contributed by atoms with van der Waals surface area (Å²) in [6.45, 7) is 5.20. The van der Waals surface area contributed by atoms with Crippen molar-refractivity contribution in [3.63, 3.8) is 0 Å². The standard InChI is InChI=1S/C25H29NO6/c1-6-31-22-14-23-19(13-18(22)16(2)11-25(27)26-9-10-28-3)20(15-32-23)17-7-8-21(29-4)24(12-17)30-5/h7-8,11-15H,6,9-10H2,1-5H3,(H,26,27)/b16-11+. The van der Waals surface area contributed by atoms with Gasteiger partial charge in [-0.2, -0.15) is 0 Å². The Labute approximate surface area is 187 Å². The van der Waals surface area contributed by atoms with E-state index in [4.69, 9.17) is 23.4 Å². The number of hydrogen-bond acceptors (Lipinski definition) is 6. The van der Waals surface area contributed by atoms with Gasteiger partial charge in [-0.15, -0.1) is 0 Å². The van der Waals surface area contributed by atoms with Gasteiger partial charge in [-0.3, -0.25) is 4.79 Å². The fraction of sp³-hybridized carbons (Fsp3) is 0.320. The lowest BCUT2D eigenvalue weighted by Gasteiger charge is -2.12. The van der Waals surface area contributed by atoms with Crippen molar-refractivity contribution >= 4 is 22.4 Å². The SMILES string of the molecule is CCOc1cc2occ(-c3ccc(OC)c(OC)c3)c2cc1/C(C)=C/C(=O)NCCOC. The summed E-state index contributed by atoms with van der Waals surface area (Å²) in [7, 11) is 4.80. The minimum absolute atomic E-state index is 0.186. The van der Waals surface area contributed by atoms with E-state index in [0.717, 1.165) is 27.6 Å². The van der Waals surface area contributed by atoms with Crippen LogP contribution in [-0.2, 0) is 9.53 Å². The van der Waals surface area contributed by atoms with E-state index in [2.05, 4.69) is 5.32 Å². The lowest BCUT2D eigenvalue weighted by molar-refractivity contribution is -0.116. The Hall–Kier alpha value is -3.45. The van der Waals surface area contributed by atoms with E-state index >= 15 is 0 Å². The second-order valence-electron chi connectivity index (χ2n) is 7.11. The minimum Gasteiger partial charge on any atom is -0.493 e. The predicted octanol–water partition coefficient (Wildman–Crippen LogP) is 4.68. The third kappa shape index (κ3) is 5.06. The third-order valence-corrected chi connectivity index (χ3v) is 5.05. The highest BCUT2D eigenvalue weighted by Crippen LogP contribution is 2.39. The molecule has 0 fully saturated rings. The number of ether oxygens (including phenoxy) is 4. The molecule has 1 amide bonds. The minimum atomic E-state index is -0.186. The number of amides is 1. The number of carbonyl (C=O) groups is 1. The van der Waals surface area contributed by atoms with Crippen LogP contribution in [0.25, 0.3) is 27.7 Å². The van der Waals surface area contributed by atoms with E-state index in [0.29, 0.717) is 42.6 Å². The molecule has 3 rings (SSSR count). The first-order valence-corrected chi connectivity index (χ1v) is 10.4. The summed E-state index contributed by atoms with van der Waals surface area (Å²) in [4.78, 5) is 12.3. The van der Waals surface area contributed by atoms with Gasteiger partial charge in [-0.25, -0.2) is 0 Å². The molecule has 7 heteroatoms. The van der Waals surface area contributed by atoms with Gasteiger partial charge in [-0.1, -0.05) is 6.07 Å². The Kier molecular flexibility index (Phi) is 7.78. The number of furan rings is 1. The number of carbonyl (C=O) groups excluding carboxylic acids is 1. The zero-order valence-electron chi connectivity index (χ0n) is 19.1. The first-order valence-electron chi connectivity index (χ1n) is 10.4. The van der Waals surface area contributed by atoms with Crippen molar-refractivity contribution in [2.45, 2.75) is 13.8 Å². The first kappa shape index (κ1) is 23.2. The highest BCUT2D eigenvalue weighted by atomic mass is 16.5. The monoisotopic (exact) mass is 439 g/mol. The molecule has 0 aliphatic heterocycles. The molecule has 0 saturated carbocycles. The lowest BCUT2D eigenvalue weighted by atomic mass is 9.99. The molecule has 0 aliphatic rings. The first-order chi connectivity index (χ1) is 15.5. The molecule has 1 heterocycles. The molecule has 1 N–H and O–H groups in total. The molecule has 0 aliphatic carbocycles. The predicted molar refractivity (Wildman–Crippen MR) is 124 cm³/mol. The largest absolute Gasteiger partial charge is 0.493 e. The zero-order chi connectivity index (χ0) is 23.1. The number of allylic oxidation sites excluding steroid dienone is 1. The Morgan fingerprint density at radius 2 is 1.84 bits per heavy atom. The molecule has 0 spiro atoms. The van der Waals surface area contributed by atoms with Gasteiger partial charge in [0.15, 0.2) is 11.5 Å². The molecule has 2 aromatic carbocycles. The van der Waals surface area contributed by atoms with Crippen LogP contribution in [0.1, 0.15) is 19.4 Å². The maximum atomic E-state index is 12.3. The maximum Gasteiger partial charge on any atom is 0.244 e. The number of rotatable bonds is 10. The van der Waals surface area contributed by atoms with E-state index in [1.807, 2.05) is 44.2 Å². The topological polar surface area (TPSA) is 79.2 Å². The van der Waals surface area contributed by atoms with Crippen molar-refractivity contribution in [1.29, 1.82) is 0 Å². The molecule has 0 bridgehead atoms. The number of nitrogens with one attached hydrogen (secondary N) is 1. The van der Waals surface area contributed by atoms with Crippen molar-refractivity contribution < 1.29 is 28.2 Å². The molecule has 0 unspecified atom stereocenters. The van der Waals surface area contributed by atoms with Crippen molar-refractivity contribution in [2.75, 3.05) is 41.1 Å². The Bertz CT molecular complexity index is 1120. The van der Waals surface area contributed by atoms with Crippen LogP contribution in [0.3, 0.4) is 0 Å². The quantitative estimate of drug-likeness (QED) is 0.365. The van der Waals surface area contributed by atoms with Crippen LogP contribution in [0, 0.1) is 0 Å². The molecule has 0 atom stereocenters. The van der Waals surface area contributed by atoms with Crippen LogP contribution in [0.15, 0.2) is 47.1 Å². The molecule has 32 heavy (non-hydrogen) atoms. The summed E-state index contributed by atoms with van der Waals surface area (Å²) in [6, 6.07) is 9.57. The molecular weight excluding hydrogens is 410 g/mol. The molecule has 0 saturated heterocycles. The summed E-state index contributed by atoms with van der Waals surface area (Å²) in [5.74, 6) is 1.76. The van der Waals surface area contributed by atoms with E-state index in [9.17, 15) is 4.79 Å². The smallest absolute Gasteiger partial charge is 0.244 e. The van der Waals surface area contributed by atoms with E-state index in [1.54, 1.807) is 33.7 Å². The molecule has 1 aromatic heterocycles. The second-order valence-corrected chi connectivity index (χ2v) is 7.11. The molecule has 170 valence electrons. The fourth-order valence-corrected chi connectivity index (χ4v) is 3.47. The van der Waals surface area contributed by atoms with E-state index < -0.39 is 0 Å². The fourth-order valence-electron chi connectivity index (χ4n) is 3.47. The van der Waals surface area contributed by atoms with Gasteiger partial charge in [-0.05, 0) is 43.2 Å².